The summed E-state index contributed by atoms with van der Waals surface area (Å²) in [4.78, 5) is 16.6. The lowest BCUT2D eigenvalue weighted by molar-refractivity contribution is -0.116. The van der Waals surface area contributed by atoms with Crippen molar-refractivity contribution in [2.45, 2.75) is 12.8 Å². The second-order valence-electron chi connectivity index (χ2n) is 6.22. The van der Waals surface area contributed by atoms with Crippen molar-refractivity contribution in [2.24, 2.45) is 0 Å². The summed E-state index contributed by atoms with van der Waals surface area (Å²) in [7, 11) is 0. The Labute approximate surface area is 165 Å². The first-order chi connectivity index (χ1) is 13.7. The number of hydrogen-bond donors (Lipinski definition) is 1. The number of aryl methyl sites for hydroxylation is 1. The van der Waals surface area contributed by atoms with Gasteiger partial charge in [-0.1, -0.05) is 18.2 Å². The van der Waals surface area contributed by atoms with E-state index in [0.29, 0.717) is 23.7 Å². The number of nitrogens with one attached hydrogen (secondary N) is 1. The van der Waals surface area contributed by atoms with Crippen molar-refractivity contribution >= 4 is 22.4 Å². The normalized spacial score (nSPS) is 10.8. The van der Waals surface area contributed by atoms with Crippen LogP contribution in [0.1, 0.15) is 12.0 Å². The summed E-state index contributed by atoms with van der Waals surface area (Å²) in [6.07, 6.45) is 4.63. The van der Waals surface area contributed by atoms with Crippen LogP contribution in [-0.4, -0.2) is 20.7 Å². The molecule has 0 aliphatic rings. The van der Waals surface area contributed by atoms with Gasteiger partial charge in [0, 0.05) is 23.6 Å². The molecule has 1 amide bonds. The van der Waals surface area contributed by atoms with Gasteiger partial charge in [0.25, 0.3) is 0 Å². The number of aromatic nitrogens is 3. The van der Waals surface area contributed by atoms with E-state index in [9.17, 15) is 9.18 Å². The van der Waals surface area contributed by atoms with Gasteiger partial charge < -0.3 is 5.32 Å². The number of rotatable bonds is 6. The Balaban J connectivity index is 1.33. The molecule has 0 saturated heterocycles. The van der Waals surface area contributed by atoms with Crippen molar-refractivity contribution in [2.75, 3.05) is 5.32 Å². The van der Waals surface area contributed by atoms with E-state index in [1.807, 2.05) is 41.9 Å². The molecule has 28 heavy (non-hydrogen) atoms. The van der Waals surface area contributed by atoms with Crippen LogP contribution < -0.4 is 5.32 Å². The largest absolute Gasteiger partial charge is 0.302 e. The number of benzene rings is 2. The lowest BCUT2D eigenvalue weighted by Crippen LogP contribution is -2.12. The molecule has 0 spiro atoms. The summed E-state index contributed by atoms with van der Waals surface area (Å²) in [6.45, 7) is 0. The number of carbonyl (C=O) groups excluding carboxylic acids is 1. The molecular weight excluding hydrogens is 375 g/mol. The van der Waals surface area contributed by atoms with E-state index < -0.39 is 0 Å². The third-order valence-electron chi connectivity index (χ3n) is 4.19. The quantitative estimate of drug-likeness (QED) is 0.517. The molecule has 2 aromatic carbocycles. The van der Waals surface area contributed by atoms with Crippen molar-refractivity contribution in [3.8, 4) is 16.9 Å². The fraction of sp³-hybridized carbons (Fsp3) is 0.0952. The van der Waals surface area contributed by atoms with Crippen LogP contribution in [0, 0.1) is 5.82 Å². The standard InChI is InChI=1S/C21H17FN4OS/c22-17-9-7-16(8-10-17)19-14-28-21(24-19)25-20(27)11-6-15-12-23-26(13-15)18-4-2-1-3-5-18/h1-5,7-10,12-14H,6,11H2,(H,24,25,27). The van der Waals surface area contributed by atoms with Gasteiger partial charge in [0.2, 0.25) is 5.91 Å². The number of anilines is 1. The van der Waals surface area contributed by atoms with Crippen LogP contribution in [0.15, 0.2) is 72.4 Å². The fourth-order valence-electron chi connectivity index (χ4n) is 2.74. The molecule has 4 aromatic rings. The maximum atomic E-state index is 13.0. The molecule has 2 heterocycles. The van der Waals surface area contributed by atoms with E-state index in [2.05, 4.69) is 15.4 Å². The van der Waals surface area contributed by atoms with E-state index in [0.717, 1.165) is 16.8 Å². The number of para-hydroxylation sites is 1. The maximum absolute atomic E-state index is 13.0. The summed E-state index contributed by atoms with van der Waals surface area (Å²) in [5.74, 6) is -0.393. The van der Waals surface area contributed by atoms with Crippen LogP contribution in [-0.2, 0) is 11.2 Å². The third-order valence-corrected chi connectivity index (χ3v) is 4.95. The molecule has 0 saturated carbocycles. The average molecular weight is 392 g/mol. The fourth-order valence-corrected chi connectivity index (χ4v) is 3.47. The van der Waals surface area contributed by atoms with Gasteiger partial charge in [-0.05, 0) is 48.4 Å². The first-order valence-corrected chi connectivity index (χ1v) is 9.65. The topological polar surface area (TPSA) is 59.8 Å². The zero-order valence-electron chi connectivity index (χ0n) is 14.9. The maximum Gasteiger partial charge on any atom is 0.226 e. The Morgan fingerprint density at radius 1 is 1.11 bits per heavy atom. The molecule has 140 valence electrons. The van der Waals surface area contributed by atoms with Crippen molar-refractivity contribution in [1.82, 2.24) is 14.8 Å². The molecule has 0 fully saturated rings. The molecule has 0 aliphatic heterocycles. The summed E-state index contributed by atoms with van der Waals surface area (Å²) in [5.41, 5.74) is 3.50. The van der Waals surface area contributed by atoms with Gasteiger partial charge in [-0.25, -0.2) is 14.1 Å². The van der Waals surface area contributed by atoms with Crippen molar-refractivity contribution in [3.63, 3.8) is 0 Å². The zero-order chi connectivity index (χ0) is 19.3. The van der Waals surface area contributed by atoms with Crippen LogP contribution in [0.5, 0.6) is 0 Å². The Morgan fingerprint density at radius 2 is 1.89 bits per heavy atom. The Bertz CT molecular complexity index is 1070. The van der Waals surface area contributed by atoms with Crippen molar-refractivity contribution in [3.05, 3.63) is 83.8 Å². The first kappa shape index (κ1) is 18.1. The van der Waals surface area contributed by atoms with Gasteiger partial charge in [-0.15, -0.1) is 11.3 Å². The van der Waals surface area contributed by atoms with E-state index in [4.69, 9.17) is 0 Å². The molecule has 2 aromatic heterocycles. The van der Waals surface area contributed by atoms with E-state index >= 15 is 0 Å². The van der Waals surface area contributed by atoms with Crippen LogP contribution in [0.3, 0.4) is 0 Å². The first-order valence-electron chi connectivity index (χ1n) is 8.78. The van der Waals surface area contributed by atoms with E-state index in [-0.39, 0.29) is 11.7 Å². The van der Waals surface area contributed by atoms with Crippen LogP contribution in [0.2, 0.25) is 0 Å². The minimum atomic E-state index is -0.289. The lowest BCUT2D eigenvalue weighted by atomic mass is 10.2. The molecule has 5 nitrogen and oxygen atoms in total. The highest BCUT2D eigenvalue weighted by atomic mass is 32.1. The number of amides is 1. The van der Waals surface area contributed by atoms with Gasteiger partial charge in [-0.3, -0.25) is 4.79 Å². The van der Waals surface area contributed by atoms with Crippen molar-refractivity contribution < 1.29 is 9.18 Å². The number of halogens is 1. The van der Waals surface area contributed by atoms with Gasteiger partial charge >= 0.3 is 0 Å². The van der Waals surface area contributed by atoms with Gasteiger partial charge in [0.1, 0.15) is 5.82 Å². The summed E-state index contributed by atoms with van der Waals surface area (Å²) >= 11 is 1.35. The highest BCUT2D eigenvalue weighted by molar-refractivity contribution is 7.14. The molecular formula is C21H17FN4OS. The molecule has 0 radical (unpaired) electrons. The van der Waals surface area contributed by atoms with Gasteiger partial charge in [0.15, 0.2) is 5.13 Å². The molecule has 7 heteroatoms. The predicted molar refractivity (Wildman–Crippen MR) is 108 cm³/mol. The number of thiazole rings is 1. The predicted octanol–water partition coefficient (Wildman–Crippen LogP) is 4.71. The van der Waals surface area contributed by atoms with Gasteiger partial charge in [0.05, 0.1) is 17.6 Å². The minimum Gasteiger partial charge on any atom is -0.302 e. The number of hydrogen-bond acceptors (Lipinski definition) is 4. The zero-order valence-corrected chi connectivity index (χ0v) is 15.7. The SMILES string of the molecule is O=C(CCc1cnn(-c2ccccc2)c1)Nc1nc(-c2ccc(F)cc2)cs1. The molecule has 4 rings (SSSR count). The second kappa shape index (κ2) is 8.14. The molecule has 0 aliphatic carbocycles. The molecule has 1 N–H and O–H groups in total. The van der Waals surface area contributed by atoms with Crippen LogP contribution in [0.25, 0.3) is 16.9 Å². The van der Waals surface area contributed by atoms with Gasteiger partial charge in [-0.2, -0.15) is 5.10 Å². The second-order valence-corrected chi connectivity index (χ2v) is 7.08. The summed E-state index contributed by atoms with van der Waals surface area (Å²) < 4.78 is 14.8. The highest BCUT2D eigenvalue weighted by Gasteiger charge is 2.09. The Morgan fingerprint density at radius 3 is 2.68 bits per heavy atom. The third kappa shape index (κ3) is 4.32. The monoisotopic (exact) mass is 392 g/mol. The summed E-state index contributed by atoms with van der Waals surface area (Å²) in [6, 6.07) is 15.9. The number of carbonyl (C=O) groups is 1. The minimum absolute atomic E-state index is 0.104. The lowest BCUT2D eigenvalue weighted by Gasteiger charge is -2.01. The van der Waals surface area contributed by atoms with E-state index in [1.54, 1.807) is 23.0 Å². The smallest absolute Gasteiger partial charge is 0.226 e. The Kier molecular flexibility index (Phi) is 5.25. The Hall–Kier alpha value is -3.32. The number of nitrogens with zero attached hydrogens (tertiary/aromatic N) is 3. The van der Waals surface area contributed by atoms with E-state index in [1.165, 1.54) is 23.5 Å². The average Bonchev–Trinajstić information content (AvgIpc) is 3.37. The van der Waals surface area contributed by atoms with Crippen LogP contribution in [0.4, 0.5) is 9.52 Å². The molecule has 0 unspecified atom stereocenters. The van der Waals surface area contributed by atoms with Crippen molar-refractivity contribution in [1.29, 1.82) is 0 Å². The van der Waals surface area contributed by atoms with Crippen LogP contribution >= 0.6 is 11.3 Å². The summed E-state index contributed by atoms with van der Waals surface area (Å²) in [5, 5.41) is 9.53. The highest BCUT2D eigenvalue weighted by Crippen LogP contribution is 2.25. The molecule has 0 atom stereocenters. The molecule has 0 bridgehead atoms.